The first-order valence-corrected chi connectivity index (χ1v) is 10.3. The zero-order valence-electron chi connectivity index (χ0n) is 16.8. The molecular weight excluding hydrogens is 346 g/mol. The van der Waals surface area contributed by atoms with Crippen LogP contribution in [0, 0.1) is 12.8 Å². The lowest BCUT2D eigenvalue weighted by molar-refractivity contribution is -0.123. The van der Waals surface area contributed by atoms with Crippen molar-refractivity contribution in [3.63, 3.8) is 0 Å². The summed E-state index contributed by atoms with van der Waals surface area (Å²) in [5.41, 5.74) is 6.00. The van der Waals surface area contributed by atoms with Gasteiger partial charge in [-0.05, 0) is 49.4 Å². The molecule has 3 aromatic rings. The Morgan fingerprint density at radius 2 is 2.00 bits per heavy atom. The van der Waals surface area contributed by atoms with Crippen LogP contribution in [0.25, 0.3) is 10.9 Å². The Hall–Kier alpha value is -2.59. The van der Waals surface area contributed by atoms with E-state index in [0.29, 0.717) is 5.92 Å². The number of amides is 1. The van der Waals surface area contributed by atoms with Crippen molar-refractivity contribution in [2.24, 2.45) is 5.92 Å². The number of carbonyl (C=O) groups excluding carboxylic acids is 1. The summed E-state index contributed by atoms with van der Waals surface area (Å²) in [4.78, 5) is 19.5. The third-order valence-corrected chi connectivity index (χ3v) is 6.30. The Labute approximate surface area is 165 Å². The van der Waals surface area contributed by atoms with Gasteiger partial charge in [0.05, 0.1) is 5.69 Å². The van der Waals surface area contributed by atoms with Gasteiger partial charge in [0, 0.05) is 35.2 Å². The van der Waals surface area contributed by atoms with Crippen LogP contribution < -0.4 is 10.2 Å². The average Bonchev–Trinajstić information content (AvgIpc) is 3.16. The molecule has 4 heteroatoms. The maximum atomic E-state index is 13.9. The Balaban J connectivity index is 1.73. The zero-order chi connectivity index (χ0) is 19.5. The second-order valence-electron chi connectivity index (χ2n) is 8.61. The number of para-hydroxylation sites is 1. The summed E-state index contributed by atoms with van der Waals surface area (Å²) < 4.78 is 0. The molecule has 5 rings (SSSR count). The number of H-pyrrole nitrogens is 1. The molecule has 1 amide bonds. The molecule has 1 unspecified atom stereocenters. The van der Waals surface area contributed by atoms with Crippen LogP contribution in [0.3, 0.4) is 0 Å². The summed E-state index contributed by atoms with van der Waals surface area (Å²) in [5, 5.41) is 4.88. The molecule has 0 bridgehead atoms. The smallest absolute Gasteiger partial charge is 0.258 e. The van der Waals surface area contributed by atoms with Crippen molar-refractivity contribution in [1.82, 2.24) is 10.3 Å². The van der Waals surface area contributed by atoms with Gasteiger partial charge in [-0.2, -0.15) is 0 Å². The molecule has 4 nitrogen and oxygen atoms in total. The molecule has 0 saturated heterocycles. The molecule has 0 fully saturated rings. The van der Waals surface area contributed by atoms with Gasteiger partial charge in [0.15, 0.2) is 5.54 Å². The van der Waals surface area contributed by atoms with Gasteiger partial charge in [-0.1, -0.05) is 43.7 Å². The minimum absolute atomic E-state index is 0.151. The number of aromatic nitrogens is 1. The monoisotopic (exact) mass is 373 g/mol. The minimum Gasteiger partial charge on any atom is -0.356 e. The third-order valence-electron chi connectivity index (χ3n) is 6.30. The highest BCUT2D eigenvalue weighted by Crippen LogP contribution is 2.47. The maximum Gasteiger partial charge on any atom is 0.258 e. The lowest BCUT2D eigenvalue weighted by Crippen LogP contribution is -2.55. The van der Waals surface area contributed by atoms with Gasteiger partial charge in [-0.25, -0.2) is 0 Å². The van der Waals surface area contributed by atoms with E-state index in [1.54, 1.807) is 0 Å². The second-order valence-corrected chi connectivity index (χ2v) is 8.61. The highest BCUT2D eigenvalue weighted by atomic mass is 16.2. The number of aryl methyl sites for hydroxylation is 1. The van der Waals surface area contributed by atoms with E-state index in [1.807, 2.05) is 17.0 Å². The summed E-state index contributed by atoms with van der Waals surface area (Å²) in [6.07, 6.45) is 1.93. The third kappa shape index (κ3) is 2.31. The molecule has 0 saturated carbocycles. The van der Waals surface area contributed by atoms with Gasteiger partial charge < -0.3 is 9.88 Å². The van der Waals surface area contributed by atoms with Gasteiger partial charge in [0.1, 0.15) is 0 Å². The topological polar surface area (TPSA) is 48.1 Å². The quantitative estimate of drug-likeness (QED) is 0.721. The molecule has 1 atom stereocenters. The SMILES string of the molecule is Cc1ccc2[nH]c3c(c2c1)CCNC31C(=O)N(CCC(C)C)c2ccccc21. The molecule has 0 radical (unpaired) electrons. The highest BCUT2D eigenvalue weighted by Gasteiger charge is 2.55. The van der Waals surface area contributed by atoms with Crippen molar-refractivity contribution in [3.05, 3.63) is 64.8 Å². The standard InChI is InChI=1S/C24H27N3O/c1-15(2)11-13-27-21-7-5-4-6-19(21)24(23(27)28)22-17(10-12-25-24)18-14-16(3)8-9-20(18)26-22/h4-9,14-15,25-26H,10-13H2,1-3H3. The van der Waals surface area contributed by atoms with Crippen LogP contribution in [-0.2, 0) is 16.8 Å². The fraction of sp³-hybridized carbons (Fsp3) is 0.375. The number of fused-ring (bicyclic) bond motifs is 6. The van der Waals surface area contributed by atoms with E-state index in [1.165, 1.54) is 16.5 Å². The number of hydrogen-bond donors (Lipinski definition) is 2. The summed E-state index contributed by atoms with van der Waals surface area (Å²) in [7, 11) is 0. The maximum absolute atomic E-state index is 13.9. The summed E-state index contributed by atoms with van der Waals surface area (Å²) in [5.74, 6) is 0.709. The van der Waals surface area contributed by atoms with Crippen LogP contribution in [0.15, 0.2) is 42.5 Å². The van der Waals surface area contributed by atoms with E-state index in [4.69, 9.17) is 0 Å². The molecular formula is C24H27N3O. The van der Waals surface area contributed by atoms with Crippen molar-refractivity contribution in [1.29, 1.82) is 0 Å². The second kappa shape index (κ2) is 6.21. The van der Waals surface area contributed by atoms with E-state index in [9.17, 15) is 4.79 Å². The fourth-order valence-electron chi connectivity index (χ4n) is 4.88. The number of nitrogens with zero attached hydrogens (tertiary/aromatic N) is 1. The lowest BCUT2D eigenvalue weighted by Gasteiger charge is -2.34. The Morgan fingerprint density at radius 3 is 2.82 bits per heavy atom. The van der Waals surface area contributed by atoms with Crippen molar-refractivity contribution >= 4 is 22.5 Å². The molecule has 2 aromatic carbocycles. The van der Waals surface area contributed by atoms with E-state index in [2.05, 4.69) is 61.4 Å². The van der Waals surface area contributed by atoms with Gasteiger partial charge >= 0.3 is 0 Å². The van der Waals surface area contributed by atoms with Crippen LogP contribution in [0.5, 0.6) is 0 Å². The lowest BCUT2D eigenvalue weighted by atomic mass is 9.82. The molecule has 1 aromatic heterocycles. The van der Waals surface area contributed by atoms with Crippen LogP contribution in [-0.4, -0.2) is 24.0 Å². The van der Waals surface area contributed by atoms with Crippen LogP contribution in [0.1, 0.15) is 42.7 Å². The number of carbonyl (C=O) groups is 1. The Kier molecular flexibility index (Phi) is 3.88. The van der Waals surface area contributed by atoms with Crippen molar-refractivity contribution < 1.29 is 4.79 Å². The number of aromatic amines is 1. The van der Waals surface area contributed by atoms with E-state index in [0.717, 1.165) is 48.4 Å². The molecule has 0 aliphatic carbocycles. The van der Waals surface area contributed by atoms with Crippen LogP contribution in [0.2, 0.25) is 0 Å². The van der Waals surface area contributed by atoms with E-state index < -0.39 is 5.54 Å². The number of anilines is 1. The first-order chi connectivity index (χ1) is 13.5. The van der Waals surface area contributed by atoms with Crippen LogP contribution in [0.4, 0.5) is 5.69 Å². The first kappa shape index (κ1) is 17.5. The molecule has 2 aliphatic rings. The molecule has 1 spiro atoms. The highest BCUT2D eigenvalue weighted by molar-refractivity contribution is 6.11. The largest absolute Gasteiger partial charge is 0.356 e. The Bertz CT molecular complexity index is 1080. The summed E-state index contributed by atoms with van der Waals surface area (Å²) >= 11 is 0. The predicted molar refractivity (Wildman–Crippen MR) is 114 cm³/mol. The van der Waals surface area contributed by atoms with Gasteiger partial charge in [-0.3, -0.25) is 10.1 Å². The average molecular weight is 374 g/mol. The van der Waals surface area contributed by atoms with Crippen molar-refractivity contribution in [3.8, 4) is 0 Å². The van der Waals surface area contributed by atoms with Crippen molar-refractivity contribution in [2.75, 3.05) is 18.0 Å². The number of rotatable bonds is 3. The zero-order valence-corrected chi connectivity index (χ0v) is 16.8. The van der Waals surface area contributed by atoms with Gasteiger partial charge in [-0.15, -0.1) is 0 Å². The number of hydrogen-bond acceptors (Lipinski definition) is 2. The molecule has 3 heterocycles. The first-order valence-electron chi connectivity index (χ1n) is 10.3. The predicted octanol–water partition coefficient (Wildman–Crippen LogP) is 4.26. The van der Waals surface area contributed by atoms with Gasteiger partial charge in [0.2, 0.25) is 0 Å². The molecule has 2 aliphatic heterocycles. The summed E-state index contributed by atoms with van der Waals surface area (Å²) in [6.45, 7) is 8.09. The molecule has 144 valence electrons. The fourth-order valence-corrected chi connectivity index (χ4v) is 4.88. The normalized spacial score (nSPS) is 21.0. The molecule has 28 heavy (non-hydrogen) atoms. The van der Waals surface area contributed by atoms with Crippen LogP contribution >= 0.6 is 0 Å². The van der Waals surface area contributed by atoms with Crippen molar-refractivity contribution in [2.45, 2.75) is 39.2 Å². The number of benzene rings is 2. The van der Waals surface area contributed by atoms with Gasteiger partial charge in [0.25, 0.3) is 5.91 Å². The van der Waals surface area contributed by atoms with E-state index >= 15 is 0 Å². The van der Waals surface area contributed by atoms with E-state index in [-0.39, 0.29) is 5.91 Å². The molecule has 2 N–H and O–H groups in total. The minimum atomic E-state index is -0.798. The Morgan fingerprint density at radius 1 is 1.18 bits per heavy atom. The number of nitrogens with one attached hydrogen (secondary N) is 2. The summed E-state index contributed by atoms with van der Waals surface area (Å²) in [6, 6.07) is 14.8.